The van der Waals surface area contributed by atoms with E-state index in [1.54, 1.807) is 11.3 Å². The van der Waals surface area contributed by atoms with Crippen LogP contribution in [0, 0.1) is 0 Å². The number of fused-ring (bicyclic) bond motifs is 10. The van der Waals surface area contributed by atoms with Crippen molar-refractivity contribution in [3.63, 3.8) is 0 Å². The van der Waals surface area contributed by atoms with Gasteiger partial charge in [-0.05, 0) is 87.6 Å². The molecule has 0 bridgehead atoms. The van der Waals surface area contributed by atoms with Crippen LogP contribution >= 0.6 is 11.3 Å². The van der Waals surface area contributed by atoms with Gasteiger partial charge in [-0.25, -0.2) is 9.97 Å². The van der Waals surface area contributed by atoms with Crippen molar-refractivity contribution in [2.45, 2.75) is 19.3 Å². The molecule has 4 nitrogen and oxygen atoms in total. The third-order valence-corrected chi connectivity index (χ3v) is 13.2. The van der Waals surface area contributed by atoms with Gasteiger partial charge in [0, 0.05) is 43.4 Å². The highest BCUT2D eigenvalue weighted by molar-refractivity contribution is 7.26. The molecule has 0 spiro atoms. The topological polar surface area (TPSA) is 42.2 Å². The van der Waals surface area contributed by atoms with Crippen LogP contribution in [0.3, 0.4) is 0 Å². The van der Waals surface area contributed by atoms with Crippen molar-refractivity contribution >= 4 is 81.4 Å². The smallest absolute Gasteiger partial charge is 0.160 e. The van der Waals surface area contributed by atoms with Crippen LogP contribution in [-0.4, -0.2) is 9.97 Å². The number of hydrogen-bond acceptors (Lipinski definition) is 5. The molecule has 3 heterocycles. The summed E-state index contributed by atoms with van der Waals surface area (Å²) in [6.07, 6.45) is 0. The number of thiophene rings is 1. The molecule has 1 aliphatic carbocycles. The van der Waals surface area contributed by atoms with Gasteiger partial charge in [0.05, 0.1) is 27.0 Å². The molecule has 0 aliphatic heterocycles. The number of aromatic nitrogens is 2. The zero-order chi connectivity index (χ0) is 38.5. The van der Waals surface area contributed by atoms with Gasteiger partial charge in [0.2, 0.25) is 0 Å². The van der Waals surface area contributed by atoms with Crippen LogP contribution in [0.5, 0.6) is 0 Å². The summed E-state index contributed by atoms with van der Waals surface area (Å²) in [6, 6.07) is 62.9. The molecule has 0 N–H and O–H groups in total. The van der Waals surface area contributed by atoms with Crippen LogP contribution in [0.4, 0.5) is 17.1 Å². The number of nitrogens with zero attached hydrogens (tertiary/aromatic N) is 3. The van der Waals surface area contributed by atoms with Gasteiger partial charge < -0.3 is 9.32 Å². The summed E-state index contributed by atoms with van der Waals surface area (Å²) in [5.41, 5.74) is 13.7. The van der Waals surface area contributed by atoms with E-state index in [-0.39, 0.29) is 5.41 Å². The van der Waals surface area contributed by atoms with Crippen molar-refractivity contribution < 1.29 is 4.42 Å². The highest BCUT2D eigenvalue weighted by Gasteiger charge is 2.36. The van der Waals surface area contributed by atoms with Crippen LogP contribution in [0.1, 0.15) is 25.0 Å². The average molecular weight is 762 g/mol. The number of anilines is 3. The van der Waals surface area contributed by atoms with Crippen molar-refractivity contribution in [3.05, 3.63) is 187 Å². The summed E-state index contributed by atoms with van der Waals surface area (Å²) in [6.45, 7) is 4.68. The molecule has 11 aromatic rings. The van der Waals surface area contributed by atoms with Gasteiger partial charge in [-0.15, -0.1) is 11.3 Å². The molecule has 274 valence electrons. The van der Waals surface area contributed by atoms with E-state index in [2.05, 4.69) is 195 Å². The minimum absolute atomic E-state index is 0.164. The Labute approximate surface area is 339 Å². The average Bonchev–Trinajstić information content (AvgIpc) is 3.90. The first-order chi connectivity index (χ1) is 28.5. The van der Waals surface area contributed by atoms with Gasteiger partial charge in [0.1, 0.15) is 11.2 Å². The van der Waals surface area contributed by atoms with Crippen molar-refractivity contribution in [1.82, 2.24) is 9.97 Å². The first-order valence-corrected chi connectivity index (χ1v) is 20.5. The fourth-order valence-electron chi connectivity index (χ4n) is 9.22. The van der Waals surface area contributed by atoms with Crippen molar-refractivity contribution in [3.8, 4) is 33.8 Å². The van der Waals surface area contributed by atoms with E-state index in [4.69, 9.17) is 14.4 Å². The van der Waals surface area contributed by atoms with Crippen molar-refractivity contribution in [1.29, 1.82) is 0 Å². The number of para-hydroxylation sites is 1. The van der Waals surface area contributed by atoms with Crippen LogP contribution < -0.4 is 4.90 Å². The normalized spacial score (nSPS) is 13.1. The first kappa shape index (κ1) is 33.1. The minimum atomic E-state index is -0.164. The van der Waals surface area contributed by atoms with E-state index in [0.29, 0.717) is 5.82 Å². The van der Waals surface area contributed by atoms with E-state index in [1.165, 1.54) is 32.3 Å². The maximum absolute atomic E-state index is 6.91. The molecule has 0 amide bonds. The first-order valence-electron chi connectivity index (χ1n) is 19.7. The summed E-state index contributed by atoms with van der Waals surface area (Å²) in [5, 5.41) is 5.55. The highest BCUT2D eigenvalue weighted by atomic mass is 32.1. The second-order valence-electron chi connectivity index (χ2n) is 15.8. The summed E-state index contributed by atoms with van der Waals surface area (Å²) in [5.74, 6) is 0.655. The zero-order valence-electron chi connectivity index (χ0n) is 31.9. The second kappa shape index (κ2) is 12.5. The van der Waals surface area contributed by atoms with Crippen LogP contribution in [0.25, 0.3) is 86.8 Å². The van der Waals surface area contributed by atoms with E-state index < -0.39 is 0 Å². The maximum Gasteiger partial charge on any atom is 0.160 e. The summed E-state index contributed by atoms with van der Waals surface area (Å²) in [4.78, 5) is 13.2. The van der Waals surface area contributed by atoms with Gasteiger partial charge in [-0.3, -0.25) is 0 Å². The minimum Gasteiger partial charge on any atom is -0.456 e. The SMILES string of the molecule is CC1(C)c2ccccc2-c2ccc(N(c3ccccc3)c3cc(-c4nc(-c5ccccc5)c5sc6ccccc6c5n4)cc4oc5cc6ccccc6cc5c34)cc21. The molecular weight excluding hydrogens is 727 g/mol. The van der Waals surface area contributed by atoms with E-state index in [0.717, 1.165) is 76.8 Å². The molecule has 8 aromatic carbocycles. The van der Waals surface area contributed by atoms with E-state index in [9.17, 15) is 0 Å². The molecule has 0 saturated heterocycles. The van der Waals surface area contributed by atoms with E-state index in [1.807, 2.05) is 0 Å². The Morgan fingerprint density at radius 3 is 2.09 bits per heavy atom. The van der Waals surface area contributed by atoms with Gasteiger partial charge in [0.25, 0.3) is 0 Å². The third kappa shape index (κ3) is 4.93. The molecule has 1 aliphatic rings. The van der Waals surface area contributed by atoms with Gasteiger partial charge in [-0.1, -0.05) is 135 Å². The fraction of sp³-hybridized carbons (Fsp3) is 0.0566. The molecule has 0 saturated carbocycles. The Kier molecular flexibility index (Phi) is 7.11. The Bertz CT molecular complexity index is 3440. The van der Waals surface area contributed by atoms with Crippen LogP contribution in [0.15, 0.2) is 180 Å². The Morgan fingerprint density at radius 2 is 1.24 bits per heavy atom. The van der Waals surface area contributed by atoms with E-state index >= 15 is 0 Å². The molecular formula is C53H35N3OS. The van der Waals surface area contributed by atoms with Gasteiger partial charge >= 0.3 is 0 Å². The molecule has 12 rings (SSSR count). The fourth-order valence-corrected chi connectivity index (χ4v) is 10.4. The lowest BCUT2D eigenvalue weighted by Gasteiger charge is -2.29. The summed E-state index contributed by atoms with van der Waals surface area (Å²) in [7, 11) is 0. The predicted molar refractivity (Wildman–Crippen MR) is 243 cm³/mol. The summed E-state index contributed by atoms with van der Waals surface area (Å²) < 4.78 is 9.19. The molecule has 0 radical (unpaired) electrons. The predicted octanol–water partition coefficient (Wildman–Crippen LogP) is 15.0. The maximum atomic E-state index is 6.91. The molecule has 3 aromatic heterocycles. The number of rotatable bonds is 5. The lowest BCUT2D eigenvalue weighted by Crippen LogP contribution is -2.16. The van der Waals surface area contributed by atoms with Crippen molar-refractivity contribution in [2.24, 2.45) is 0 Å². The third-order valence-electron chi connectivity index (χ3n) is 12.0. The lowest BCUT2D eigenvalue weighted by atomic mass is 9.82. The number of hydrogen-bond donors (Lipinski definition) is 0. The zero-order valence-corrected chi connectivity index (χ0v) is 32.7. The summed E-state index contributed by atoms with van der Waals surface area (Å²) >= 11 is 1.75. The standard InChI is InChI=1S/C53H35N3OS/c1-53(2)42-23-13-11-21-38(42)39-26-25-37(31-43(39)53)56(36-19-7-4-8-20-36)44-28-35(30-46-48(44)41-27-33-17-9-10-18-34(33)29-45(41)57-46)52-54-49(32-15-5-3-6-16-32)51-50(55-52)40-22-12-14-24-47(40)58-51/h3-31H,1-2H3. The molecule has 0 unspecified atom stereocenters. The largest absolute Gasteiger partial charge is 0.456 e. The molecule has 58 heavy (non-hydrogen) atoms. The van der Waals surface area contributed by atoms with Crippen molar-refractivity contribution in [2.75, 3.05) is 4.90 Å². The number of benzene rings is 8. The van der Waals surface area contributed by atoms with Gasteiger partial charge in [0.15, 0.2) is 5.82 Å². The lowest BCUT2D eigenvalue weighted by molar-refractivity contribution is 0.660. The van der Waals surface area contributed by atoms with Gasteiger partial charge in [-0.2, -0.15) is 0 Å². The molecule has 0 fully saturated rings. The van der Waals surface area contributed by atoms with Crippen LogP contribution in [0.2, 0.25) is 0 Å². The van der Waals surface area contributed by atoms with Crippen LogP contribution in [-0.2, 0) is 5.41 Å². The quantitative estimate of drug-likeness (QED) is 0.175. The Balaban J connectivity index is 1.17. The highest BCUT2D eigenvalue weighted by Crippen LogP contribution is 2.52. The Morgan fingerprint density at radius 1 is 0.534 bits per heavy atom. The monoisotopic (exact) mass is 761 g/mol. The Hall–Kier alpha value is -7.08. The molecule has 0 atom stereocenters. The number of furan rings is 1. The molecule has 5 heteroatoms. The second-order valence-corrected chi connectivity index (χ2v) is 16.8.